The van der Waals surface area contributed by atoms with E-state index in [-0.39, 0.29) is 24.0 Å². The van der Waals surface area contributed by atoms with Crippen molar-refractivity contribution in [2.75, 3.05) is 39.3 Å². The van der Waals surface area contributed by atoms with Gasteiger partial charge in [0.2, 0.25) is 0 Å². The van der Waals surface area contributed by atoms with Crippen molar-refractivity contribution in [2.45, 2.75) is 26.8 Å². The molecule has 0 spiro atoms. The fourth-order valence-corrected chi connectivity index (χ4v) is 2.60. The van der Waals surface area contributed by atoms with E-state index in [0.29, 0.717) is 0 Å². The summed E-state index contributed by atoms with van der Waals surface area (Å²) in [6.07, 6.45) is 1.10. The summed E-state index contributed by atoms with van der Waals surface area (Å²) < 4.78 is 0. The molecular formula is C17H29IN4. The van der Waals surface area contributed by atoms with Crippen LogP contribution in [0.1, 0.15) is 25.8 Å². The second kappa shape index (κ2) is 10.8. The predicted molar refractivity (Wildman–Crippen MR) is 105 cm³/mol. The van der Waals surface area contributed by atoms with Gasteiger partial charge in [0.15, 0.2) is 5.96 Å². The number of hydrogen-bond acceptors (Lipinski definition) is 2. The number of nitrogens with one attached hydrogen (secondary N) is 1. The van der Waals surface area contributed by atoms with Gasteiger partial charge in [0.1, 0.15) is 0 Å². The van der Waals surface area contributed by atoms with Gasteiger partial charge in [0.05, 0.1) is 0 Å². The van der Waals surface area contributed by atoms with Crippen molar-refractivity contribution in [3.8, 4) is 0 Å². The van der Waals surface area contributed by atoms with Crippen molar-refractivity contribution in [1.29, 1.82) is 0 Å². The number of hydrogen-bond donors (Lipinski definition) is 1. The average Bonchev–Trinajstić information content (AvgIpc) is 2.53. The van der Waals surface area contributed by atoms with Crippen LogP contribution in [0, 0.1) is 0 Å². The first kappa shape index (κ1) is 19.2. The van der Waals surface area contributed by atoms with E-state index in [1.165, 1.54) is 5.56 Å². The van der Waals surface area contributed by atoms with Crippen LogP contribution in [-0.2, 0) is 6.54 Å². The summed E-state index contributed by atoms with van der Waals surface area (Å²) >= 11 is 0. The third-order valence-corrected chi connectivity index (χ3v) is 3.74. The van der Waals surface area contributed by atoms with Gasteiger partial charge in [0.25, 0.3) is 0 Å². The fraction of sp³-hybridized carbons (Fsp3) is 0.588. The van der Waals surface area contributed by atoms with Crippen molar-refractivity contribution in [3.63, 3.8) is 0 Å². The minimum atomic E-state index is 0. The van der Waals surface area contributed by atoms with Crippen molar-refractivity contribution in [2.24, 2.45) is 4.99 Å². The van der Waals surface area contributed by atoms with Gasteiger partial charge in [-0.2, -0.15) is 0 Å². The zero-order chi connectivity index (χ0) is 14.9. The molecule has 0 atom stereocenters. The van der Waals surface area contributed by atoms with Crippen molar-refractivity contribution in [1.82, 2.24) is 15.1 Å². The van der Waals surface area contributed by atoms with E-state index >= 15 is 0 Å². The summed E-state index contributed by atoms with van der Waals surface area (Å²) in [5, 5.41) is 3.41. The molecule has 1 aromatic rings. The fourth-order valence-electron chi connectivity index (χ4n) is 2.60. The van der Waals surface area contributed by atoms with Crippen LogP contribution in [0.15, 0.2) is 35.3 Å². The molecular weight excluding hydrogens is 387 g/mol. The molecule has 0 unspecified atom stereocenters. The first-order valence-electron chi connectivity index (χ1n) is 8.13. The molecule has 1 fully saturated rings. The normalized spacial score (nSPS) is 16.3. The summed E-state index contributed by atoms with van der Waals surface area (Å²) in [5.41, 5.74) is 1.40. The number of guanidine groups is 1. The van der Waals surface area contributed by atoms with E-state index in [4.69, 9.17) is 0 Å². The maximum absolute atomic E-state index is 4.68. The molecule has 1 N–H and O–H groups in total. The summed E-state index contributed by atoms with van der Waals surface area (Å²) in [7, 11) is 0. The predicted octanol–water partition coefficient (Wildman–Crippen LogP) is 2.80. The lowest BCUT2D eigenvalue weighted by Crippen LogP contribution is -2.52. The summed E-state index contributed by atoms with van der Waals surface area (Å²) in [6.45, 7) is 11.5. The van der Waals surface area contributed by atoms with E-state index < -0.39 is 0 Å². The van der Waals surface area contributed by atoms with Crippen LogP contribution >= 0.6 is 24.0 Å². The largest absolute Gasteiger partial charge is 0.357 e. The summed E-state index contributed by atoms with van der Waals surface area (Å²) in [5.74, 6) is 1.08. The maximum atomic E-state index is 4.68. The Labute approximate surface area is 152 Å². The smallest absolute Gasteiger partial charge is 0.194 e. The molecule has 5 heteroatoms. The minimum Gasteiger partial charge on any atom is -0.357 e. The standard InChI is InChI=1S/C17H28N4.HI/c1-3-10-19-17(18-4-2)21-13-11-20(12-14-21)15-16-8-6-5-7-9-16;/h5-9H,3-4,10-15H2,1-2H3,(H,18,19);1H. The molecule has 1 heterocycles. The average molecular weight is 416 g/mol. The molecule has 4 nitrogen and oxygen atoms in total. The maximum Gasteiger partial charge on any atom is 0.194 e. The molecule has 0 radical (unpaired) electrons. The number of aliphatic imine (C=N–C) groups is 1. The summed E-state index contributed by atoms with van der Waals surface area (Å²) in [4.78, 5) is 9.59. The van der Waals surface area contributed by atoms with Crippen molar-refractivity contribution >= 4 is 29.9 Å². The molecule has 1 aliphatic rings. The number of rotatable bonds is 5. The van der Waals surface area contributed by atoms with Crippen molar-refractivity contribution < 1.29 is 0 Å². The van der Waals surface area contributed by atoms with Gasteiger partial charge in [-0.05, 0) is 18.9 Å². The zero-order valence-electron chi connectivity index (χ0n) is 13.8. The van der Waals surface area contributed by atoms with Gasteiger partial charge in [0, 0.05) is 45.8 Å². The molecule has 0 saturated carbocycles. The van der Waals surface area contributed by atoms with Gasteiger partial charge in [-0.1, -0.05) is 37.3 Å². The van der Waals surface area contributed by atoms with Gasteiger partial charge >= 0.3 is 0 Å². The molecule has 0 aliphatic carbocycles. The molecule has 22 heavy (non-hydrogen) atoms. The van der Waals surface area contributed by atoms with Crippen LogP contribution in [-0.4, -0.2) is 55.0 Å². The number of piperazine rings is 1. The molecule has 1 aromatic carbocycles. The molecule has 124 valence electrons. The summed E-state index contributed by atoms with van der Waals surface area (Å²) in [6, 6.07) is 10.7. The molecule has 0 amide bonds. The molecule has 1 aliphatic heterocycles. The second-order valence-corrected chi connectivity index (χ2v) is 5.48. The lowest BCUT2D eigenvalue weighted by atomic mass is 10.2. The van der Waals surface area contributed by atoms with Crippen LogP contribution < -0.4 is 5.32 Å². The zero-order valence-corrected chi connectivity index (χ0v) is 16.1. The SMILES string of the molecule is CCCN=C(NCC)N1CCN(Cc2ccccc2)CC1.I. The number of halogens is 1. The van der Waals surface area contributed by atoms with Crippen LogP contribution in [0.3, 0.4) is 0 Å². The topological polar surface area (TPSA) is 30.9 Å². The first-order chi connectivity index (χ1) is 10.3. The Hall–Kier alpha value is -0.820. The van der Waals surface area contributed by atoms with E-state index in [1.807, 2.05) is 0 Å². The van der Waals surface area contributed by atoms with Crippen LogP contribution in [0.25, 0.3) is 0 Å². The molecule has 2 rings (SSSR count). The Morgan fingerprint density at radius 1 is 1.09 bits per heavy atom. The lowest BCUT2D eigenvalue weighted by molar-refractivity contribution is 0.172. The number of nitrogens with zero attached hydrogens (tertiary/aromatic N) is 3. The quantitative estimate of drug-likeness (QED) is 0.455. The highest BCUT2D eigenvalue weighted by Gasteiger charge is 2.19. The third kappa shape index (κ3) is 6.12. The monoisotopic (exact) mass is 416 g/mol. The van der Waals surface area contributed by atoms with Crippen LogP contribution in [0.2, 0.25) is 0 Å². The Morgan fingerprint density at radius 2 is 1.77 bits per heavy atom. The Morgan fingerprint density at radius 3 is 2.36 bits per heavy atom. The highest BCUT2D eigenvalue weighted by molar-refractivity contribution is 14.0. The van der Waals surface area contributed by atoms with Crippen LogP contribution in [0.5, 0.6) is 0 Å². The highest BCUT2D eigenvalue weighted by Crippen LogP contribution is 2.08. The van der Waals surface area contributed by atoms with E-state index in [1.54, 1.807) is 0 Å². The molecule has 0 aromatic heterocycles. The van der Waals surface area contributed by atoms with Crippen molar-refractivity contribution in [3.05, 3.63) is 35.9 Å². The van der Waals surface area contributed by atoms with Gasteiger partial charge < -0.3 is 10.2 Å². The molecule has 1 saturated heterocycles. The Bertz CT molecular complexity index is 428. The Balaban J connectivity index is 0.00000242. The highest BCUT2D eigenvalue weighted by atomic mass is 127. The lowest BCUT2D eigenvalue weighted by Gasteiger charge is -2.36. The third-order valence-electron chi connectivity index (χ3n) is 3.74. The number of benzene rings is 1. The van der Waals surface area contributed by atoms with E-state index in [0.717, 1.165) is 58.2 Å². The van der Waals surface area contributed by atoms with E-state index in [2.05, 4.69) is 64.3 Å². The van der Waals surface area contributed by atoms with Gasteiger partial charge in [-0.3, -0.25) is 9.89 Å². The Kier molecular flexibility index (Phi) is 9.47. The van der Waals surface area contributed by atoms with Gasteiger partial charge in [-0.15, -0.1) is 24.0 Å². The van der Waals surface area contributed by atoms with Crippen LogP contribution in [0.4, 0.5) is 0 Å². The van der Waals surface area contributed by atoms with E-state index in [9.17, 15) is 0 Å². The molecule has 0 bridgehead atoms. The second-order valence-electron chi connectivity index (χ2n) is 5.48. The first-order valence-corrected chi connectivity index (χ1v) is 8.13. The minimum absolute atomic E-state index is 0. The van der Waals surface area contributed by atoms with Gasteiger partial charge in [-0.25, -0.2) is 0 Å².